The van der Waals surface area contributed by atoms with E-state index in [1.807, 2.05) is 36.4 Å². The van der Waals surface area contributed by atoms with Gasteiger partial charge in [-0.3, -0.25) is 14.2 Å². The Morgan fingerprint density at radius 2 is 1.90 bits per heavy atom. The molecule has 0 atom stereocenters. The van der Waals surface area contributed by atoms with E-state index in [1.165, 1.54) is 11.8 Å². The number of rotatable bonds is 9. The first-order chi connectivity index (χ1) is 14.1. The molecule has 0 aliphatic rings. The van der Waals surface area contributed by atoms with Crippen LogP contribution in [0.25, 0.3) is 10.9 Å². The normalized spacial score (nSPS) is 10.8. The third-order valence-electron chi connectivity index (χ3n) is 4.33. The minimum Gasteiger partial charge on any atom is -0.497 e. The number of para-hydroxylation sites is 1. The minimum atomic E-state index is -0.133. The highest BCUT2D eigenvalue weighted by Crippen LogP contribution is 2.18. The number of carbonyl (C=O) groups is 1. The van der Waals surface area contributed by atoms with Crippen molar-refractivity contribution in [3.05, 3.63) is 64.4 Å². The number of methoxy groups -OCH3 is 2. The number of hydrogen-bond donors (Lipinski definition) is 1. The highest BCUT2D eigenvalue weighted by atomic mass is 32.2. The topological polar surface area (TPSA) is 82.4 Å². The molecule has 1 amide bonds. The van der Waals surface area contributed by atoms with Gasteiger partial charge < -0.3 is 14.8 Å². The van der Waals surface area contributed by atoms with Gasteiger partial charge in [0.2, 0.25) is 5.91 Å². The Morgan fingerprint density at radius 1 is 1.14 bits per heavy atom. The molecule has 7 nitrogen and oxygen atoms in total. The number of amides is 1. The second-order valence-electron chi connectivity index (χ2n) is 6.27. The average molecular weight is 413 g/mol. The maximum atomic E-state index is 12.8. The molecule has 0 radical (unpaired) electrons. The van der Waals surface area contributed by atoms with E-state index in [-0.39, 0.29) is 17.2 Å². The fourth-order valence-electron chi connectivity index (χ4n) is 2.76. The number of nitrogens with one attached hydrogen (secondary N) is 1. The highest BCUT2D eigenvalue weighted by Gasteiger charge is 2.13. The third-order valence-corrected chi connectivity index (χ3v) is 5.30. The van der Waals surface area contributed by atoms with E-state index in [2.05, 4.69) is 10.3 Å². The molecule has 1 N–H and O–H groups in total. The molecule has 0 aliphatic carbocycles. The van der Waals surface area contributed by atoms with Crippen LogP contribution in [0.3, 0.4) is 0 Å². The van der Waals surface area contributed by atoms with Crippen LogP contribution in [-0.2, 0) is 22.6 Å². The summed E-state index contributed by atoms with van der Waals surface area (Å²) in [5, 5.41) is 3.94. The lowest BCUT2D eigenvalue weighted by atomic mass is 10.2. The van der Waals surface area contributed by atoms with Gasteiger partial charge in [-0.1, -0.05) is 36.0 Å². The molecule has 3 aromatic rings. The first kappa shape index (κ1) is 20.9. The van der Waals surface area contributed by atoms with Crippen LogP contribution in [-0.4, -0.2) is 42.0 Å². The first-order valence-electron chi connectivity index (χ1n) is 9.13. The quantitative estimate of drug-likeness (QED) is 0.429. The molecular formula is C21H23N3O4S. The van der Waals surface area contributed by atoms with Gasteiger partial charge in [0.1, 0.15) is 5.75 Å². The van der Waals surface area contributed by atoms with Gasteiger partial charge in [0.05, 0.1) is 36.9 Å². The van der Waals surface area contributed by atoms with Crippen molar-refractivity contribution in [1.82, 2.24) is 14.9 Å². The van der Waals surface area contributed by atoms with Gasteiger partial charge in [-0.25, -0.2) is 4.98 Å². The van der Waals surface area contributed by atoms with E-state index in [0.29, 0.717) is 35.8 Å². The van der Waals surface area contributed by atoms with Crippen LogP contribution in [0.15, 0.2) is 58.5 Å². The molecular weight excluding hydrogens is 390 g/mol. The van der Waals surface area contributed by atoms with Crippen molar-refractivity contribution >= 4 is 28.6 Å². The van der Waals surface area contributed by atoms with E-state index in [0.717, 1.165) is 11.3 Å². The number of aromatic nitrogens is 2. The lowest BCUT2D eigenvalue weighted by Gasteiger charge is -2.13. The van der Waals surface area contributed by atoms with Crippen molar-refractivity contribution < 1.29 is 14.3 Å². The Morgan fingerprint density at radius 3 is 2.62 bits per heavy atom. The van der Waals surface area contributed by atoms with Crippen LogP contribution >= 0.6 is 11.8 Å². The van der Waals surface area contributed by atoms with Crippen molar-refractivity contribution in [1.29, 1.82) is 0 Å². The van der Waals surface area contributed by atoms with Crippen LogP contribution in [0.5, 0.6) is 5.75 Å². The van der Waals surface area contributed by atoms with Crippen LogP contribution in [0.4, 0.5) is 0 Å². The molecule has 29 heavy (non-hydrogen) atoms. The van der Waals surface area contributed by atoms with Crippen LogP contribution in [0.1, 0.15) is 5.56 Å². The summed E-state index contributed by atoms with van der Waals surface area (Å²) in [5.41, 5.74) is 1.46. The Bertz CT molecular complexity index is 1030. The molecule has 1 heterocycles. The predicted octanol–water partition coefficient (Wildman–Crippen LogP) is 2.46. The zero-order chi connectivity index (χ0) is 20.6. The van der Waals surface area contributed by atoms with Gasteiger partial charge in [-0.2, -0.15) is 0 Å². The Kier molecular flexibility index (Phi) is 7.26. The highest BCUT2D eigenvalue weighted by molar-refractivity contribution is 7.99. The van der Waals surface area contributed by atoms with Crippen molar-refractivity contribution in [2.45, 2.75) is 18.2 Å². The van der Waals surface area contributed by atoms with Gasteiger partial charge in [0.15, 0.2) is 5.16 Å². The lowest BCUT2D eigenvalue weighted by molar-refractivity contribution is -0.118. The summed E-state index contributed by atoms with van der Waals surface area (Å²) >= 11 is 1.24. The molecule has 0 fully saturated rings. The second-order valence-corrected chi connectivity index (χ2v) is 7.22. The first-order valence-corrected chi connectivity index (χ1v) is 10.1. The molecule has 0 aliphatic heterocycles. The summed E-state index contributed by atoms with van der Waals surface area (Å²) < 4.78 is 11.8. The fourth-order valence-corrected chi connectivity index (χ4v) is 3.62. The molecule has 0 saturated carbocycles. The minimum absolute atomic E-state index is 0.131. The second kappa shape index (κ2) is 10.1. The molecule has 0 bridgehead atoms. The zero-order valence-corrected chi connectivity index (χ0v) is 17.2. The van der Waals surface area contributed by atoms with Crippen LogP contribution in [0.2, 0.25) is 0 Å². The summed E-state index contributed by atoms with van der Waals surface area (Å²) in [5.74, 6) is 0.798. The molecule has 8 heteroatoms. The lowest BCUT2D eigenvalue weighted by Crippen LogP contribution is -2.27. The number of benzene rings is 2. The van der Waals surface area contributed by atoms with Crippen molar-refractivity contribution in [2.24, 2.45) is 0 Å². The number of nitrogens with zero attached hydrogens (tertiary/aromatic N) is 2. The van der Waals surface area contributed by atoms with E-state index in [9.17, 15) is 9.59 Å². The number of carbonyl (C=O) groups excluding carboxylic acids is 1. The molecule has 1 aromatic heterocycles. The van der Waals surface area contributed by atoms with E-state index in [4.69, 9.17) is 9.47 Å². The molecule has 0 spiro atoms. The monoisotopic (exact) mass is 413 g/mol. The Hall–Kier alpha value is -2.84. The van der Waals surface area contributed by atoms with Gasteiger partial charge in [-0.05, 0) is 29.8 Å². The predicted molar refractivity (Wildman–Crippen MR) is 113 cm³/mol. The fraction of sp³-hybridized carbons (Fsp3) is 0.286. The maximum absolute atomic E-state index is 12.8. The summed E-state index contributed by atoms with van der Waals surface area (Å²) in [6, 6.07) is 14.7. The molecule has 2 aromatic carbocycles. The Balaban J connectivity index is 1.68. The SMILES string of the molecule is COCCn1c(SCC(=O)NCc2ccc(OC)cc2)nc2ccccc2c1=O. The number of fused-ring (bicyclic) bond motifs is 1. The van der Waals surface area contributed by atoms with E-state index >= 15 is 0 Å². The van der Waals surface area contributed by atoms with Gasteiger partial charge in [-0.15, -0.1) is 0 Å². The number of thioether (sulfide) groups is 1. The average Bonchev–Trinajstić information content (AvgIpc) is 2.76. The van der Waals surface area contributed by atoms with E-state index < -0.39 is 0 Å². The van der Waals surface area contributed by atoms with Crippen molar-refractivity contribution in [2.75, 3.05) is 26.6 Å². The van der Waals surface area contributed by atoms with Gasteiger partial charge >= 0.3 is 0 Å². The van der Waals surface area contributed by atoms with Crippen LogP contribution in [0, 0.1) is 0 Å². The van der Waals surface area contributed by atoms with Gasteiger partial charge in [0.25, 0.3) is 5.56 Å². The Labute approximate surface area is 173 Å². The summed E-state index contributed by atoms with van der Waals surface area (Å²) in [6.45, 7) is 1.19. The summed E-state index contributed by atoms with van der Waals surface area (Å²) in [7, 11) is 3.19. The molecule has 3 rings (SSSR count). The molecule has 0 unspecified atom stereocenters. The van der Waals surface area contributed by atoms with E-state index in [1.54, 1.807) is 30.9 Å². The summed E-state index contributed by atoms with van der Waals surface area (Å²) in [4.78, 5) is 29.7. The summed E-state index contributed by atoms with van der Waals surface area (Å²) in [6.07, 6.45) is 0. The third kappa shape index (κ3) is 5.36. The molecule has 152 valence electrons. The number of ether oxygens (including phenoxy) is 2. The maximum Gasteiger partial charge on any atom is 0.262 e. The number of hydrogen-bond acceptors (Lipinski definition) is 6. The van der Waals surface area contributed by atoms with Crippen LogP contribution < -0.4 is 15.6 Å². The standard InChI is InChI=1S/C21H23N3O4S/c1-27-12-11-24-20(26)17-5-3-4-6-18(17)23-21(24)29-14-19(25)22-13-15-7-9-16(28-2)10-8-15/h3-10H,11-14H2,1-2H3,(H,22,25). The zero-order valence-electron chi connectivity index (χ0n) is 16.4. The van der Waals surface area contributed by atoms with Crippen molar-refractivity contribution in [3.63, 3.8) is 0 Å². The molecule has 0 saturated heterocycles. The smallest absolute Gasteiger partial charge is 0.262 e. The van der Waals surface area contributed by atoms with Crippen molar-refractivity contribution in [3.8, 4) is 5.75 Å². The van der Waals surface area contributed by atoms with Gasteiger partial charge in [0, 0.05) is 13.7 Å². The largest absolute Gasteiger partial charge is 0.497 e.